The van der Waals surface area contributed by atoms with E-state index in [-0.39, 0.29) is 25.2 Å². The van der Waals surface area contributed by atoms with Gasteiger partial charge in [-0.15, -0.1) is 0 Å². The molecular weight excluding hydrogens is 1170 g/mol. The first-order valence-corrected chi connectivity index (χ1v) is 38.9. The van der Waals surface area contributed by atoms with Gasteiger partial charge in [-0.2, -0.15) is 0 Å². The van der Waals surface area contributed by atoms with E-state index in [1.165, 1.54) is 122 Å². The third kappa shape index (κ3) is 80.4. The van der Waals surface area contributed by atoms with Crippen LogP contribution >= 0.6 is 0 Å². The van der Waals surface area contributed by atoms with Gasteiger partial charge in [0.25, 0.3) is 0 Å². The van der Waals surface area contributed by atoms with Crippen molar-refractivity contribution in [3.8, 4) is 0 Å². The molecular formula is C91H142O5. The summed E-state index contributed by atoms with van der Waals surface area (Å²) in [5, 5.41) is 9.73. The first-order chi connectivity index (χ1) is 47.6. The Morgan fingerprint density at radius 3 is 0.625 bits per heavy atom. The van der Waals surface area contributed by atoms with E-state index in [0.29, 0.717) is 12.8 Å². The van der Waals surface area contributed by atoms with Crippen LogP contribution in [0.3, 0.4) is 0 Å². The van der Waals surface area contributed by atoms with Crippen molar-refractivity contribution in [3.05, 3.63) is 231 Å². The second kappa shape index (κ2) is 83.2. The van der Waals surface area contributed by atoms with Gasteiger partial charge in [0.15, 0.2) is 6.10 Å². The summed E-state index contributed by atoms with van der Waals surface area (Å²) in [7, 11) is 0. The summed E-state index contributed by atoms with van der Waals surface area (Å²) < 4.78 is 10.8. The van der Waals surface area contributed by atoms with E-state index in [9.17, 15) is 14.7 Å². The van der Waals surface area contributed by atoms with Gasteiger partial charge >= 0.3 is 11.9 Å². The SMILES string of the molecule is CC/C=C\C/C=C\C/C=C\C/C=C\C/C=C\C/C=C\C/C=C\C/C=C\C/C=C\C/C=C\CCCCCCCCCCCCC(=O)OC(CO)COC(=O)CCCCCCCCCCCCCCC/C=C\C/C=C\C/C=C\C/C=C\C/C=C\C/C=C\C/C=C\C/C=C\C/C=C\CC. The predicted octanol–water partition coefficient (Wildman–Crippen LogP) is 28.0. The monoisotopic (exact) mass is 1320 g/mol. The van der Waals surface area contributed by atoms with Crippen LogP contribution in [-0.2, 0) is 19.1 Å². The molecule has 5 nitrogen and oxygen atoms in total. The molecule has 0 spiro atoms. The minimum Gasteiger partial charge on any atom is -0.462 e. The molecule has 1 N–H and O–H groups in total. The Bertz CT molecular complexity index is 2290. The Hall–Kier alpha value is -6.04. The third-order valence-corrected chi connectivity index (χ3v) is 16.0. The van der Waals surface area contributed by atoms with Crippen LogP contribution in [0, 0.1) is 0 Å². The number of hydrogen-bond donors (Lipinski definition) is 1. The predicted molar refractivity (Wildman–Crippen MR) is 425 cm³/mol. The number of hydrogen-bond acceptors (Lipinski definition) is 5. The van der Waals surface area contributed by atoms with E-state index >= 15 is 0 Å². The molecule has 536 valence electrons. The fourth-order valence-electron chi connectivity index (χ4n) is 10.2. The maximum atomic E-state index is 12.4. The molecule has 0 aromatic rings. The molecule has 1 atom stereocenters. The summed E-state index contributed by atoms with van der Waals surface area (Å²) in [6.07, 6.45) is 135. The number of carbonyl (C=O) groups excluding carboxylic acids is 2. The Kier molecular flexibility index (Phi) is 78.0. The minimum absolute atomic E-state index is 0.0796. The molecule has 0 saturated heterocycles. The van der Waals surface area contributed by atoms with Crippen LogP contribution in [-0.4, -0.2) is 36.4 Å². The van der Waals surface area contributed by atoms with Crippen molar-refractivity contribution in [2.75, 3.05) is 13.2 Å². The molecule has 0 amide bonds. The minimum atomic E-state index is -0.792. The molecule has 0 aliphatic heterocycles. The Morgan fingerprint density at radius 2 is 0.417 bits per heavy atom. The van der Waals surface area contributed by atoms with Crippen molar-refractivity contribution < 1.29 is 24.2 Å². The van der Waals surface area contributed by atoms with Gasteiger partial charge in [0.2, 0.25) is 0 Å². The van der Waals surface area contributed by atoms with Crippen LogP contribution in [0.5, 0.6) is 0 Å². The van der Waals surface area contributed by atoms with Crippen molar-refractivity contribution in [3.63, 3.8) is 0 Å². The van der Waals surface area contributed by atoms with Crippen LogP contribution in [0.15, 0.2) is 231 Å². The molecule has 5 heteroatoms. The zero-order valence-corrected chi connectivity index (χ0v) is 61.5. The fraction of sp³-hybridized carbons (Fsp3) is 0.560. The highest BCUT2D eigenvalue weighted by atomic mass is 16.6. The van der Waals surface area contributed by atoms with Crippen molar-refractivity contribution >= 4 is 11.9 Å². The average Bonchev–Trinajstić information content (AvgIpc) is 3.79. The van der Waals surface area contributed by atoms with E-state index in [0.717, 1.165) is 161 Å². The smallest absolute Gasteiger partial charge is 0.306 e. The number of ether oxygens (including phenoxy) is 2. The zero-order valence-electron chi connectivity index (χ0n) is 61.5. The molecule has 0 aromatic heterocycles. The lowest BCUT2D eigenvalue weighted by molar-refractivity contribution is -0.161. The lowest BCUT2D eigenvalue weighted by atomic mass is 10.0. The summed E-state index contributed by atoms with van der Waals surface area (Å²) in [5.41, 5.74) is 0. The fourth-order valence-corrected chi connectivity index (χ4v) is 10.2. The van der Waals surface area contributed by atoms with Gasteiger partial charge in [-0.3, -0.25) is 9.59 Å². The molecule has 0 aliphatic carbocycles. The number of rotatable bonds is 69. The summed E-state index contributed by atoms with van der Waals surface area (Å²) in [6.45, 7) is 3.91. The van der Waals surface area contributed by atoms with E-state index in [4.69, 9.17) is 9.47 Å². The first-order valence-electron chi connectivity index (χ1n) is 38.9. The summed E-state index contributed by atoms with van der Waals surface area (Å²) >= 11 is 0. The van der Waals surface area contributed by atoms with Crippen LogP contribution in [0.4, 0.5) is 0 Å². The molecule has 96 heavy (non-hydrogen) atoms. The Labute approximate surface area is 592 Å². The molecule has 0 aliphatic rings. The highest BCUT2D eigenvalue weighted by Gasteiger charge is 2.16. The molecule has 1 unspecified atom stereocenters. The molecule has 0 saturated carbocycles. The number of carbonyl (C=O) groups is 2. The number of allylic oxidation sites excluding steroid dienone is 38. The topological polar surface area (TPSA) is 72.8 Å². The normalized spacial score (nSPS) is 13.6. The van der Waals surface area contributed by atoms with Gasteiger partial charge in [0.05, 0.1) is 6.61 Å². The van der Waals surface area contributed by atoms with Gasteiger partial charge in [-0.05, 0) is 161 Å². The van der Waals surface area contributed by atoms with E-state index in [1.54, 1.807) is 0 Å². The molecule has 0 bridgehead atoms. The van der Waals surface area contributed by atoms with Crippen molar-refractivity contribution in [2.24, 2.45) is 0 Å². The van der Waals surface area contributed by atoms with Gasteiger partial charge in [0.1, 0.15) is 6.61 Å². The molecule has 0 fully saturated rings. The van der Waals surface area contributed by atoms with Gasteiger partial charge in [0, 0.05) is 12.8 Å². The zero-order chi connectivity index (χ0) is 69.0. The maximum Gasteiger partial charge on any atom is 0.306 e. The Morgan fingerprint density at radius 1 is 0.240 bits per heavy atom. The maximum absolute atomic E-state index is 12.4. The standard InChI is InChI=1S/C91H142O5/c1-3-5-7-9-11-13-15-17-19-21-23-25-27-29-31-33-35-37-39-41-43-45-47-49-51-53-55-57-59-61-63-65-67-69-71-73-75-77-79-81-83-85-90(93)95-88-89(87-92)96-91(94)86-84-82-80-78-76-74-72-70-68-66-64-62-60-58-56-54-52-50-48-46-44-42-40-38-36-34-32-30-28-26-24-22-20-18-16-14-12-10-8-6-4-2/h5-8,11-14,17-20,23-26,29-32,35-38,41-44,47-50,53-56,60,62,89,92H,3-4,9-10,15-16,21-22,27-28,33-34,39-40,45-46,51-52,57-59,61,63-88H2,1-2H3/b7-5-,8-6-,13-11-,14-12-,19-17-,20-18-,25-23-,26-24-,31-29-,32-30-,37-35-,38-36-,43-41-,44-42-,49-47-,50-48-,55-53-,56-54-,62-60-. The second-order valence-corrected chi connectivity index (χ2v) is 25.0. The number of esters is 2. The van der Waals surface area contributed by atoms with Crippen LogP contribution in [0.1, 0.15) is 309 Å². The molecule has 0 rings (SSSR count). The number of unbranched alkanes of at least 4 members (excludes halogenated alkanes) is 23. The van der Waals surface area contributed by atoms with Crippen molar-refractivity contribution in [1.29, 1.82) is 0 Å². The van der Waals surface area contributed by atoms with Crippen LogP contribution in [0.25, 0.3) is 0 Å². The van der Waals surface area contributed by atoms with Gasteiger partial charge in [-0.25, -0.2) is 0 Å². The van der Waals surface area contributed by atoms with Crippen LogP contribution < -0.4 is 0 Å². The quantitative estimate of drug-likeness (QED) is 0.0373. The molecule has 0 heterocycles. The van der Waals surface area contributed by atoms with E-state index < -0.39 is 6.10 Å². The first kappa shape index (κ1) is 90.0. The largest absolute Gasteiger partial charge is 0.462 e. The lowest BCUT2D eigenvalue weighted by Gasteiger charge is -2.15. The second-order valence-electron chi connectivity index (χ2n) is 25.0. The van der Waals surface area contributed by atoms with Gasteiger partial charge < -0.3 is 14.6 Å². The lowest BCUT2D eigenvalue weighted by Crippen LogP contribution is -2.28. The summed E-state index contributed by atoms with van der Waals surface area (Å²) in [5.74, 6) is -0.604. The highest BCUT2D eigenvalue weighted by molar-refractivity contribution is 5.70. The van der Waals surface area contributed by atoms with Crippen molar-refractivity contribution in [1.82, 2.24) is 0 Å². The third-order valence-electron chi connectivity index (χ3n) is 16.0. The number of aliphatic hydroxyl groups is 1. The van der Waals surface area contributed by atoms with Crippen LogP contribution in [0.2, 0.25) is 0 Å². The molecule has 0 radical (unpaired) electrons. The molecule has 0 aromatic carbocycles. The number of aliphatic hydroxyl groups excluding tert-OH is 1. The highest BCUT2D eigenvalue weighted by Crippen LogP contribution is 2.16. The van der Waals surface area contributed by atoms with E-state index in [1.807, 2.05) is 0 Å². The van der Waals surface area contributed by atoms with E-state index in [2.05, 4.69) is 245 Å². The average molecular weight is 1320 g/mol. The van der Waals surface area contributed by atoms with Crippen molar-refractivity contribution in [2.45, 2.75) is 315 Å². The summed E-state index contributed by atoms with van der Waals surface area (Å²) in [6, 6.07) is 0. The van der Waals surface area contributed by atoms with Gasteiger partial charge in [-0.1, -0.05) is 367 Å². The Balaban J connectivity index is 3.58. The summed E-state index contributed by atoms with van der Waals surface area (Å²) in [4.78, 5) is 24.7.